The van der Waals surface area contributed by atoms with Gasteiger partial charge in [-0.25, -0.2) is 0 Å². The molecule has 3 fully saturated rings. The smallest absolute Gasteiger partial charge is 0.255 e. The van der Waals surface area contributed by atoms with Crippen molar-refractivity contribution in [1.82, 2.24) is 15.1 Å². The van der Waals surface area contributed by atoms with Gasteiger partial charge in [0.05, 0.1) is 0 Å². The molecule has 154 valence electrons. The summed E-state index contributed by atoms with van der Waals surface area (Å²) in [6, 6.07) is 5.36. The number of piperidine rings is 1. The summed E-state index contributed by atoms with van der Waals surface area (Å²) < 4.78 is 0. The van der Waals surface area contributed by atoms with E-state index in [9.17, 15) is 14.4 Å². The Bertz CT molecular complexity index is 879. The minimum absolute atomic E-state index is 0.101. The Hall–Kier alpha value is -2.25. The zero-order chi connectivity index (χ0) is 20.2. The standard InChI is InChI=1S/C22H28N4O3/c23-10-14-9-22(7-2-8-22)25(11-14)12-15-3-1-4-16-17(15)13-26(21(16)29)18-5-6-19(27)24-20(18)28/h1,3-4,14,18H,2,5-13,23H2,(H,24,27,28). The molecule has 7 nitrogen and oxygen atoms in total. The maximum atomic E-state index is 13.0. The number of hydrogen-bond donors (Lipinski definition) is 2. The molecule has 0 aromatic heterocycles. The van der Waals surface area contributed by atoms with Crippen LogP contribution in [0.15, 0.2) is 18.2 Å². The minimum Gasteiger partial charge on any atom is -0.330 e. The lowest BCUT2D eigenvalue weighted by Gasteiger charge is -2.46. The first-order valence-corrected chi connectivity index (χ1v) is 10.7. The molecular weight excluding hydrogens is 368 g/mol. The number of carbonyl (C=O) groups excluding carboxylic acids is 3. The molecule has 3 N–H and O–H groups in total. The van der Waals surface area contributed by atoms with E-state index < -0.39 is 6.04 Å². The highest BCUT2D eigenvalue weighted by atomic mass is 16.2. The van der Waals surface area contributed by atoms with Crippen molar-refractivity contribution in [3.63, 3.8) is 0 Å². The van der Waals surface area contributed by atoms with Crippen LogP contribution in [0.4, 0.5) is 0 Å². The monoisotopic (exact) mass is 396 g/mol. The van der Waals surface area contributed by atoms with Gasteiger partial charge in [0, 0.05) is 37.2 Å². The summed E-state index contributed by atoms with van der Waals surface area (Å²) in [4.78, 5) is 41.0. The zero-order valence-corrected chi connectivity index (χ0v) is 16.7. The number of benzene rings is 1. The van der Waals surface area contributed by atoms with Gasteiger partial charge in [0.15, 0.2) is 0 Å². The Balaban J connectivity index is 1.39. The molecule has 0 radical (unpaired) electrons. The van der Waals surface area contributed by atoms with E-state index in [-0.39, 0.29) is 24.1 Å². The normalized spacial score (nSPS) is 28.6. The van der Waals surface area contributed by atoms with Crippen LogP contribution in [-0.4, -0.2) is 52.2 Å². The number of amides is 3. The molecule has 1 aromatic carbocycles. The van der Waals surface area contributed by atoms with Crippen molar-refractivity contribution >= 4 is 17.7 Å². The molecule has 0 bridgehead atoms. The second-order valence-electron chi connectivity index (χ2n) is 9.11. The highest BCUT2D eigenvalue weighted by Crippen LogP contribution is 2.48. The van der Waals surface area contributed by atoms with Gasteiger partial charge in [-0.1, -0.05) is 12.1 Å². The first-order chi connectivity index (χ1) is 14.0. The molecule has 5 rings (SSSR count). The molecule has 1 aliphatic carbocycles. The molecule has 29 heavy (non-hydrogen) atoms. The summed E-state index contributed by atoms with van der Waals surface area (Å²) in [5.41, 5.74) is 9.18. The summed E-state index contributed by atoms with van der Waals surface area (Å²) in [5, 5.41) is 2.37. The number of carbonyl (C=O) groups is 3. The number of nitrogens with zero attached hydrogens (tertiary/aromatic N) is 2. The van der Waals surface area contributed by atoms with Gasteiger partial charge >= 0.3 is 0 Å². The van der Waals surface area contributed by atoms with E-state index in [2.05, 4.69) is 16.3 Å². The Morgan fingerprint density at radius 1 is 1.21 bits per heavy atom. The maximum absolute atomic E-state index is 13.0. The van der Waals surface area contributed by atoms with Crippen molar-refractivity contribution in [2.24, 2.45) is 11.7 Å². The van der Waals surface area contributed by atoms with Gasteiger partial charge in [-0.15, -0.1) is 0 Å². The SMILES string of the molecule is NCC1CN(Cc2cccc3c2CN(C2CCC(=O)NC2=O)C3=O)C2(CCC2)C1. The molecule has 2 unspecified atom stereocenters. The van der Waals surface area contributed by atoms with Crippen molar-refractivity contribution in [2.45, 2.75) is 63.2 Å². The van der Waals surface area contributed by atoms with Gasteiger partial charge in [0.2, 0.25) is 11.8 Å². The first kappa shape index (κ1) is 18.8. The lowest BCUT2D eigenvalue weighted by atomic mass is 9.73. The summed E-state index contributed by atoms with van der Waals surface area (Å²) in [5.74, 6) is -0.169. The fraction of sp³-hybridized carbons (Fsp3) is 0.591. The van der Waals surface area contributed by atoms with E-state index in [1.54, 1.807) is 4.90 Å². The molecule has 7 heteroatoms. The molecule has 1 spiro atoms. The molecule has 2 atom stereocenters. The van der Waals surface area contributed by atoms with E-state index in [1.165, 1.54) is 31.2 Å². The van der Waals surface area contributed by atoms with Crippen LogP contribution in [0.5, 0.6) is 0 Å². The van der Waals surface area contributed by atoms with Crippen LogP contribution in [0, 0.1) is 5.92 Å². The van der Waals surface area contributed by atoms with Crippen LogP contribution >= 0.6 is 0 Å². The van der Waals surface area contributed by atoms with E-state index in [0.29, 0.717) is 30.0 Å². The largest absolute Gasteiger partial charge is 0.330 e. The number of likely N-dealkylation sites (tertiary alicyclic amines) is 1. The van der Waals surface area contributed by atoms with Gasteiger partial charge in [-0.2, -0.15) is 0 Å². The predicted octanol–water partition coefficient (Wildman–Crippen LogP) is 1.15. The number of hydrogen-bond acceptors (Lipinski definition) is 5. The molecule has 3 heterocycles. The zero-order valence-electron chi connectivity index (χ0n) is 16.7. The van der Waals surface area contributed by atoms with Crippen LogP contribution < -0.4 is 11.1 Å². The maximum Gasteiger partial charge on any atom is 0.255 e. The van der Waals surface area contributed by atoms with Gasteiger partial charge in [0.1, 0.15) is 6.04 Å². The molecular formula is C22H28N4O3. The first-order valence-electron chi connectivity index (χ1n) is 10.7. The van der Waals surface area contributed by atoms with Crippen molar-refractivity contribution in [3.05, 3.63) is 34.9 Å². The fourth-order valence-electron chi connectivity index (χ4n) is 5.74. The summed E-state index contributed by atoms with van der Waals surface area (Å²) in [7, 11) is 0. The van der Waals surface area contributed by atoms with Crippen LogP contribution in [-0.2, 0) is 22.7 Å². The van der Waals surface area contributed by atoms with Crippen molar-refractivity contribution in [3.8, 4) is 0 Å². The van der Waals surface area contributed by atoms with Crippen LogP contribution in [0.1, 0.15) is 60.0 Å². The highest BCUT2D eigenvalue weighted by Gasteiger charge is 2.49. The second-order valence-corrected chi connectivity index (χ2v) is 9.11. The predicted molar refractivity (Wildman–Crippen MR) is 107 cm³/mol. The number of imide groups is 1. The third kappa shape index (κ3) is 2.99. The van der Waals surface area contributed by atoms with Crippen LogP contribution in [0.3, 0.4) is 0 Å². The summed E-state index contributed by atoms with van der Waals surface area (Å²) in [6.45, 7) is 3.02. The van der Waals surface area contributed by atoms with E-state index >= 15 is 0 Å². The summed E-state index contributed by atoms with van der Waals surface area (Å²) >= 11 is 0. The van der Waals surface area contributed by atoms with Crippen LogP contribution in [0.2, 0.25) is 0 Å². The average Bonchev–Trinajstić information content (AvgIpc) is 3.21. The number of nitrogens with two attached hydrogens (primary N) is 1. The average molecular weight is 396 g/mol. The second kappa shape index (κ2) is 6.92. The highest BCUT2D eigenvalue weighted by molar-refractivity contribution is 6.05. The van der Waals surface area contributed by atoms with E-state index in [1.807, 2.05) is 12.1 Å². The topological polar surface area (TPSA) is 95.7 Å². The Morgan fingerprint density at radius 3 is 2.72 bits per heavy atom. The lowest BCUT2D eigenvalue weighted by Crippen LogP contribution is -2.52. The molecule has 1 saturated carbocycles. The quantitative estimate of drug-likeness (QED) is 0.745. The molecule has 3 amide bonds. The van der Waals surface area contributed by atoms with Crippen molar-refractivity contribution < 1.29 is 14.4 Å². The van der Waals surface area contributed by atoms with E-state index in [0.717, 1.165) is 25.2 Å². The number of fused-ring (bicyclic) bond motifs is 1. The van der Waals surface area contributed by atoms with Gasteiger partial charge in [-0.3, -0.25) is 24.6 Å². The summed E-state index contributed by atoms with van der Waals surface area (Å²) in [6.07, 6.45) is 5.61. The molecule has 1 aromatic rings. The third-order valence-corrected chi connectivity index (χ3v) is 7.48. The van der Waals surface area contributed by atoms with Crippen molar-refractivity contribution in [2.75, 3.05) is 13.1 Å². The van der Waals surface area contributed by atoms with Crippen molar-refractivity contribution in [1.29, 1.82) is 0 Å². The van der Waals surface area contributed by atoms with E-state index in [4.69, 9.17) is 5.73 Å². The van der Waals surface area contributed by atoms with Gasteiger partial charge in [0.25, 0.3) is 5.91 Å². The van der Waals surface area contributed by atoms with Gasteiger partial charge in [-0.05, 0) is 61.8 Å². The number of nitrogens with one attached hydrogen (secondary N) is 1. The Labute approximate surface area is 170 Å². The Kier molecular flexibility index (Phi) is 4.47. The molecule has 3 aliphatic heterocycles. The third-order valence-electron chi connectivity index (χ3n) is 7.48. The molecule has 2 saturated heterocycles. The Morgan fingerprint density at radius 2 is 2.03 bits per heavy atom. The van der Waals surface area contributed by atoms with Gasteiger partial charge < -0.3 is 10.6 Å². The fourth-order valence-corrected chi connectivity index (χ4v) is 5.74. The molecule has 4 aliphatic rings. The number of rotatable bonds is 4. The van der Waals surface area contributed by atoms with Crippen LogP contribution in [0.25, 0.3) is 0 Å². The minimum atomic E-state index is -0.563. The lowest BCUT2D eigenvalue weighted by molar-refractivity contribution is -0.136.